The normalized spacial score (nSPS) is 12.7. The minimum absolute atomic E-state index is 0.0321. The minimum Gasteiger partial charge on any atom is -0.444 e. The van der Waals surface area contributed by atoms with Crippen molar-refractivity contribution in [2.24, 2.45) is 0 Å². The van der Waals surface area contributed by atoms with E-state index in [0.717, 1.165) is 47.7 Å². The lowest BCUT2D eigenvalue weighted by Crippen LogP contribution is -2.27. The molecule has 572 valence electrons. The Morgan fingerprint density at radius 1 is 0.382 bits per heavy atom. The molecule has 6 N–H and O–H groups in total. The summed E-state index contributed by atoms with van der Waals surface area (Å²) in [5, 5.41) is 5.12. The average Bonchev–Trinajstić information content (AvgIpc) is 1.51. The number of anilines is 3. The van der Waals surface area contributed by atoms with Gasteiger partial charge in [0.1, 0.15) is 23.1 Å². The number of H-pyrrole nitrogens is 3. The van der Waals surface area contributed by atoms with Gasteiger partial charge in [-0.25, -0.2) is 28.2 Å². The second-order valence-electron chi connectivity index (χ2n) is 28.8. The maximum Gasteiger partial charge on any atom is 0.417 e. The highest BCUT2D eigenvalue weighted by molar-refractivity contribution is 7.92. The molecule has 0 aliphatic heterocycles. The molecule has 12 aromatic rings. The van der Waals surface area contributed by atoms with Gasteiger partial charge >= 0.3 is 30.8 Å². The number of carbonyl (C=O) groups excluding carboxylic acids is 2. The van der Waals surface area contributed by atoms with Crippen LogP contribution in [0.25, 0.3) is 103 Å². The number of hydrogen-bond acceptors (Lipinski definition) is 8. The van der Waals surface area contributed by atoms with E-state index in [9.17, 15) is 70.7 Å². The van der Waals surface area contributed by atoms with Gasteiger partial charge in [-0.1, -0.05) is 175 Å². The van der Waals surface area contributed by atoms with Crippen molar-refractivity contribution in [3.63, 3.8) is 0 Å². The molecule has 0 unspecified atom stereocenters. The molecule has 27 heteroatoms. The van der Waals surface area contributed by atoms with Crippen LogP contribution in [0.4, 0.5) is 74.5 Å². The quantitative estimate of drug-likeness (QED) is 0.0613. The van der Waals surface area contributed by atoms with Crippen LogP contribution in [-0.4, -0.2) is 62.2 Å². The zero-order valence-corrected chi connectivity index (χ0v) is 61.9. The molecule has 0 saturated carbocycles. The van der Waals surface area contributed by atoms with Gasteiger partial charge in [-0.05, 0) is 161 Å². The lowest BCUT2D eigenvalue weighted by atomic mass is 9.87. The van der Waals surface area contributed by atoms with Gasteiger partial charge in [0.15, 0.2) is 0 Å². The number of alkyl halides is 12. The summed E-state index contributed by atoms with van der Waals surface area (Å²) in [6.45, 7) is 19.2. The predicted molar refractivity (Wildman–Crippen MR) is 411 cm³/mol. The van der Waals surface area contributed by atoms with Gasteiger partial charge in [0, 0.05) is 29.3 Å². The monoisotopic (exact) mass is 1540 g/mol. The number of amides is 2. The van der Waals surface area contributed by atoms with Crippen molar-refractivity contribution in [2.75, 3.05) is 21.6 Å². The highest BCUT2D eigenvalue weighted by Crippen LogP contribution is 2.46. The lowest BCUT2D eigenvalue weighted by Gasteiger charge is -2.21. The molecule has 0 saturated heterocycles. The number of nitrogens with one attached hydrogen (secondary N) is 6. The van der Waals surface area contributed by atoms with Gasteiger partial charge in [-0.2, -0.15) is 52.7 Å². The summed E-state index contributed by atoms with van der Waals surface area (Å²) in [7, 11) is -3.70. The van der Waals surface area contributed by atoms with E-state index < -0.39 is 74.6 Å². The fourth-order valence-corrected chi connectivity index (χ4v) is 12.2. The van der Waals surface area contributed by atoms with E-state index in [-0.39, 0.29) is 89.2 Å². The van der Waals surface area contributed by atoms with Gasteiger partial charge in [0.05, 0.1) is 73.0 Å². The van der Waals surface area contributed by atoms with Crippen LogP contribution in [-0.2, 0) is 55.1 Å². The smallest absolute Gasteiger partial charge is 0.417 e. The van der Waals surface area contributed by atoms with Crippen molar-refractivity contribution in [1.82, 2.24) is 29.9 Å². The number of hydrogen-bond donors (Lipinski definition) is 6. The molecule has 9 aromatic carbocycles. The Balaban J connectivity index is 0.000000176. The van der Waals surface area contributed by atoms with Crippen molar-refractivity contribution < 1.29 is 75.4 Å². The third-order valence-corrected chi connectivity index (χ3v) is 17.4. The van der Waals surface area contributed by atoms with Crippen LogP contribution in [0, 0.1) is 0 Å². The molecule has 0 atom stereocenters. The summed E-state index contributed by atoms with van der Waals surface area (Å²) in [4.78, 5) is 45.9. The number of sulfonamides is 1. The van der Waals surface area contributed by atoms with E-state index in [1.165, 1.54) is 96.9 Å². The third-order valence-electron chi connectivity index (χ3n) is 16.8. The van der Waals surface area contributed by atoms with Crippen LogP contribution in [0.5, 0.6) is 0 Å². The molecular formula is C83H75F12N9O5S. The summed E-state index contributed by atoms with van der Waals surface area (Å²) in [6.07, 6.45) is -8.17. The second kappa shape index (κ2) is 31.5. The topological polar surface area (TPSA) is 200 Å². The van der Waals surface area contributed by atoms with E-state index in [0.29, 0.717) is 28.2 Å². The summed E-state index contributed by atoms with van der Waals surface area (Å²) < 4.78 is 196. The molecule has 0 radical (unpaired) electrons. The fraction of sp³-hybridized carbons (Fsp3) is 0.217. The molecule has 2 amide bonds. The molecule has 0 fully saturated rings. The number of nitrogens with zero attached hydrogens (tertiary/aromatic N) is 3. The molecule has 0 aliphatic rings. The lowest BCUT2D eigenvalue weighted by molar-refractivity contribution is -0.138. The zero-order valence-electron chi connectivity index (χ0n) is 61.1. The summed E-state index contributed by atoms with van der Waals surface area (Å²) in [5.41, 5.74) is 2.72. The summed E-state index contributed by atoms with van der Waals surface area (Å²) in [5.74, 6) is 0.621. The Kier molecular flexibility index (Phi) is 23.1. The maximum absolute atomic E-state index is 14.2. The second-order valence-corrected chi connectivity index (χ2v) is 30.5. The highest BCUT2D eigenvalue weighted by Gasteiger charge is 2.38. The molecule has 3 heterocycles. The van der Waals surface area contributed by atoms with Crippen molar-refractivity contribution >= 4 is 109 Å². The van der Waals surface area contributed by atoms with Crippen LogP contribution in [0.2, 0.25) is 0 Å². The first kappa shape index (κ1) is 80.8. The molecule has 0 spiro atoms. The van der Waals surface area contributed by atoms with Gasteiger partial charge in [-0.3, -0.25) is 14.8 Å². The Labute approximate surface area is 625 Å². The van der Waals surface area contributed by atoms with Crippen LogP contribution >= 0.6 is 0 Å². The Morgan fingerprint density at radius 2 is 0.682 bits per heavy atom. The zero-order chi connectivity index (χ0) is 80.3. The molecule has 110 heavy (non-hydrogen) atoms. The van der Waals surface area contributed by atoms with Crippen LogP contribution < -0.4 is 15.4 Å². The van der Waals surface area contributed by atoms with E-state index in [1.807, 2.05) is 48.6 Å². The predicted octanol–water partition coefficient (Wildman–Crippen LogP) is 23.5. The number of rotatable bonds is 13. The number of benzene rings is 9. The molecule has 0 bridgehead atoms. The molecule has 14 nitrogen and oxygen atoms in total. The largest absolute Gasteiger partial charge is 0.444 e. The van der Waals surface area contributed by atoms with E-state index in [1.54, 1.807) is 69.3 Å². The first-order chi connectivity index (χ1) is 51.2. The maximum atomic E-state index is 14.2. The first-order valence-corrected chi connectivity index (χ1v) is 35.9. The number of fused-ring (bicyclic) bond motifs is 3. The van der Waals surface area contributed by atoms with Gasteiger partial charge in [0.25, 0.3) is 0 Å². The fourth-order valence-electron chi connectivity index (χ4n) is 11.6. The van der Waals surface area contributed by atoms with Crippen LogP contribution in [0.1, 0.15) is 137 Å². The van der Waals surface area contributed by atoms with Crippen molar-refractivity contribution in [1.29, 1.82) is 0 Å². The van der Waals surface area contributed by atoms with E-state index in [2.05, 4.69) is 98.9 Å². The number of halogens is 12. The molecule has 0 aliphatic carbocycles. The Hall–Kier alpha value is -11.7. The van der Waals surface area contributed by atoms with Gasteiger partial charge in [0.2, 0.25) is 15.9 Å². The number of aromatic nitrogens is 6. The minimum atomic E-state index is -4.69. The summed E-state index contributed by atoms with van der Waals surface area (Å²) >= 11 is 0. The number of para-hydroxylation sites is 3. The van der Waals surface area contributed by atoms with Crippen LogP contribution in [0.15, 0.2) is 182 Å². The molecular weight excluding hydrogens is 1460 g/mol. The SMILES string of the molecule is CC(=O)Nc1ccccc1-c1cc2nc(/C=C/c3ccc(C(F)(F)F)cc3)[nH]c2cc1C(F)(F)F.CC(C)(C)OC(=O)Nc1ccccc1-c1cc2nc(/C=C/c3ccc(C(C)(C)C)cc3)[nH]c2cc1C(F)(F)F.CC(C)(C)c1ccc(/C=C/c2nc3cc(-c4ccccc4NS(C)(=O)=O)c(C(F)(F)F)cc3[nH]2)cc1. The Morgan fingerprint density at radius 3 is 0.973 bits per heavy atom. The van der Waals surface area contributed by atoms with Crippen molar-refractivity contribution in [3.8, 4) is 33.4 Å². The van der Waals surface area contributed by atoms with E-state index >= 15 is 0 Å². The van der Waals surface area contributed by atoms with Crippen LogP contribution in [0.3, 0.4) is 0 Å². The van der Waals surface area contributed by atoms with Gasteiger partial charge in [-0.15, -0.1) is 0 Å². The number of aromatic amines is 3. The standard InChI is InChI=1S/C31H32F3N3O2.C27H26F3N3O2S.C25H17F6N3O/c1-29(2,3)20-14-11-19(12-15-20)13-16-27-35-25-17-22(23(31(32,33)34)18-26(25)36-27)21-9-7-8-10-24(21)37-28(38)39-30(4,5)6;1-26(2,3)18-12-9-17(10-13-18)11-14-25-31-23-15-20(21(27(28,29)30)16-24(23)32-25)19-7-5-6-8-22(19)33-36(4,34)35;1-14(35)32-20-5-3-2-4-17(20)18-12-21-22(13-19(18)25(29,30)31)34-23(33-21)11-8-15-6-9-16(10-7-15)24(26,27)28/h7-18H,1-6H3,(H,35,36)(H,37,38);5-16,33H,1-4H3,(H,31,32);2-13H,1H3,(H,32,35)(H,33,34)/b16-13+;14-11+;11-8+. The Bertz CT molecular complexity index is 5580. The van der Waals surface area contributed by atoms with Crippen molar-refractivity contribution in [2.45, 2.75) is 110 Å². The van der Waals surface area contributed by atoms with E-state index in [4.69, 9.17) is 4.74 Å². The van der Waals surface area contributed by atoms with Gasteiger partial charge < -0.3 is 25.0 Å². The third kappa shape index (κ3) is 20.9. The molecule has 3 aromatic heterocycles. The van der Waals surface area contributed by atoms with Crippen molar-refractivity contribution in [3.05, 3.63) is 250 Å². The molecule has 12 rings (SSSR count). The number of carbonyl (C=O) groups is 2. The number of ether oxygens (including phenoxy) is 1. The summed E-state index contributed by atoms with van der Waals surface area (Å²) in [6, 6.07) is 46.0. The highest BCUT2D eigenvalue weighted by atomic mass is 32.2. The number of imidazole rings is 3. The average molecular weight is 1540 g/mol. The first-order valence-electron chi connectivity index (χ1n) is 34.0.